The van der Waals surface area contributed by atoms with E-state index in [0.29, 0.717) is 18.0 Å². The van der Waals surface area contributed by atoms with Crippen molar-refractivity contribution < 1.29 is 14.3 Å². The van der Waals surface area contributed by atoms with Gasteiger partial charge < -0.3 is 15.0 Å². The van der Waals surface area contributed by atoms with Gasteiger partial charge in [0.2, 0.25) is 11.8 Å². The van der Waals surface area contributed by atoms with Crippen molar-refractivity contribution in [2.45, 2.75) is 46.6 Å². The number of amides is 2. The molecule has 3 rings (SSSR count). The van der Waals surface area contributed by atoms with Crippen molar-refractivity contribution in [2.24, 2.45) is 5.41 Å². The Morgan fingerprint density at radius 2 is 1.75 bits per heavy atom. The van der Waals surface area contributed by atoms with Crippen LogP contribution in [0.4, 0.5) is 11.4 Å². The number of nitrogens with one attached hydrogen (secondary N) is 1. The second kappa shape index (κ2) is 8.05. The summed E-state index contributed by atoms with van der Waals surface area (Å²) in [7, 11) is 0. The Morgan fingerprint density at radius 1 is 1.07 bits per heavy atom. The van der Waals surface area contributed by atoms with Crippen molar-refractivity contribution in [3.8, 4) is 5.75 Å². The number of benzene rings is 2. The predicted molar refractivity (Wildman–Crippen MR) is 112 cm³/mol. The third-order valence-electron chi connectivity index (χ3n) is 4.96. The summed E-state index contributed by atoms with van der Waals surface area (Å²) in [5.74, 6) is 0.0530. The number of fused-ring (bicyclic) bond motifs is 1. The van der Waals surface area contributed by atoms with E-state index in [1.165, 1.54) is 0 Å². The van der Waals surface area contributed by atoms with Crippen LogP contribution < -0.4 is 15.0 Å². The first-order valence-corrected chi connectivity index (χ1v) is 9.77. The third kappa shape index (κ3) is 4.03. The lowest BCUT2D eigenvalue weighted by molar-refractivity contribution is -0.136. The maximum absolute atomic E-state index is 13.3. The Morgan fingerprint density at radius 3 is 2.50 bits per heavy atom. The average Bonchev–Trinajstić information content (AvgIpc) is 2.68. The Labute approximate surface area is 166 Å². The van der Waals surface area contributed by atoms with E-state index in [1.54, 1.807) is 24.8 Å². The zero-order chi connectivity index (χ0) is 20.3. The van der Waals surface area contributed by atoms with Crippen LogP contribution in [-0.4, -0.2) is 24.5 Å². The standard InChI is InChI=1S/C23H28N2O3/c1-16(2)28-20-14-8-6-12-18(20)24-21(26)23(3,4)22(27)25-15-9-11-17-10-5-7-13-19(17)25/h5-8,10,12-14,16H,9,11,15H2,1-4H3,(H,24,26). The van der Waals surface area contributed by atoms with Crippen molar-refractivity contribution >= 4 is 23.2 Å². The SMILES string of the molecule is CC(C)Oc1ccccc1NC(=O)C(C)(C)C(=O)N1CCCc2ccccc21. The number of nitrogens with zero attached hydrogens (tertiary/aromatic N) is 1. The topological polar surface area (TPSA) is 58.6 Å². The van der Waals surface area contributed by atoms with E-state index in [4.69, 9.17) is 4.74 Å². The molecule has 28 heavy (non-hydrogen) atoms. The lowest BCUT2D eigenvalue weighted by atomic mass is 9.88. The van der Waals surface area contributed by atoms with E-state index in [1.807, 2.05) is 56.3 Å². The van der Waals surface area contributed by atoms with Crippen molar-refractivity contribution in [1.82, 2.24) is 0 Å². The Balaban J connectivity index is 1.82. The third-order valence-corrected chi connectivity index (χ3v) is 4.96. The van der Waals surface area contributed by atoms with Gasteiger partial charge in [-0.1, -0.05) is 30.3 Å². The molecule has 0 radical (unpaired) electrons. The van der Waals surface area contributed by atoms with Crippen LogP contribution in [0.2, 0.25) is 0 Å². The number of hydrogen-bond acceptors (Lipinski definition) is 3. The number of rotatable bonds is 5. The zero-order valence-corrected chi connectivity index (χ0v) is 17.0. The molecule has 1 aliphatic heterocycles. The predicted octanol–water partition coefficient (Wildman–Crippen LogP) is 4.42. The molecule has 2 amide bonds. The van der Waals surface area contributed by atoms with Crippen LogP contribution in [0.25, 0.3) is 0 Å². The van der Waals surface area contributed by atoms with Gasteiger partial charge in [0.25, 0.3) is 0 Å². The Kier molecular flexibility index (Phi) is 5.73. The maximum Gasteiger partial charge on any atom is 0.242 e. The molecule has 0 aromatic heterocycles. The summed E-state index contributed by atoms with van der Waals surface area (Å²) in [6.07, 6.45) is 1.83. The van der Waals surface area contributed by atoms with Crippen molar-refractivity contribution in [3.63, 3.8) is 0 Å². The largest absolute Gasteiger partial charge is 0.489 e. The van der Waals surface area contributed by atoms with Gasteiger partial charge in [0, 0.05) is 12.2 Å². The van der Waals surface area contributed by atoms with Crippen LogP contribution in [0.15, 0.2) is 48.5 Å². The lowest BCUT2D eigenvalue weighted by Crippen LogP contribution is -2.49. The average molecular weight is 380 g/mol. The molecular weight excluding hydrogens is 352 g/mol. The van der Waals surface area contributed by atoms with Gasteiger partial charge in [0.05, 0.1) is 11.8 Å². The smallest absolute Gasteiger partial charge is 0.242 e. The molecule has 5 heteroatoms. The molecule has 0 saturated heterocycles. The minimum absolute atomic E-state index is 0.0162. The molecule has 0 fully saturated rings. The number of carbonyl (C=O) groups is 2. The molecule has 0 spiro atoms. The van der Waals surface area contributed by atoms with Crippen LogP contribution in [0.5, 0.6) is 5.75 Å². The first-order chi connectivity index (χ1) is 13.3. The molecule has 0 bridgehead atoms. The van der Waals surface area contributed by atoms with Gasteiger partial charge in [-0.3, -0.25) is 9.59 Å². The lowest BCUT2D eigenvalue weighted by Gasteiger charge is -2.35. The summed E-state index contributed by atoms with van der Waals surface area (Å²) in [6.45, 7) is 7.83. The molecule has 0 saturated carbocycles. The molecule has 2 aromatic carbocycles. The number of aryl methyl sites for hydroxylation is 1. The first kappa shape index (κ1) is 19.9. The summed E-state index contributed by atoms with van der Waals surface area (Å²) in [5, 5.41) is 2.89. The first-order valence-electron chi connectivity index (χ1n) is 9.77. The fourth-order valence-corrected chi connectivity index (χ4v) is 3.38. The second-order valence-corrected chi connectivity index (χ2v) is 7.93. The molecular formula is C23H28N2O3. The van der Waals surface area contributed by atoms with Crippen molar-refractivity contribution in [2.75, 3.05) is 16.8 Å². The zero-order valence-electron chi connectivity index (χ0n) is 17.0. The minimum atomic E-state index is -1.21. The quantitative estimate of drug-likeness (QED) is 0.781. The van der Waals surface area contributed by atoms with Crippen LogP contribution >= 0.6 is 0 Å². The second-order valence-electron chi connectivity index (χ2n) is 7.93. The fraction of sp³-hybridized carbons (Fsp3) is 0.391. The van der Waals surface area contributed by atoms with E-state index >= 15 is 0 Å². The van der Waals surface area contributed by atoms with Crippen molar-refractivity contribution in [1.29, 1.82) is 0 Å². The molecule has 5 nitrogen and oxygen atoms in total. The van der Waals surface area contributed by atoms with Gasteiger partial charge in [-0.25, -0.2) is 0 Å². The van der Waals surface area contributed by atoms with Crippen LogP contribution in [0.1, 0.15) is 39.7 Å². The number of hydrogen-bond donors (Lipinski definition) is 1. The van der Waals surface area contributed by atoms with Crippen LogP contribution in [0.3, 0.4) is 0 Å². The molecule has 0 atom stereocenters. The van der Waals surface area contributed by atoms with Gasteiger partial charge in [-0.05, 0) is 64.3 Å². The number of carbonyl (C=O) groups excluding carboxylic acids is 2. The molecule has 1 heterocycles. The van der Waals surface area contributed by atoms with Gasteiger partial charge in [0.15, 0.2) is 0 Å². The molecule has 1 N–H and O–H groups in total. The number of anilines is 2. The van der Waals surface area contributed by atoms with E-state index in [-0.39, 0.29) is 17.9 Å². The number of ether oxygens (including phenoxy) is 1. The van der Waals surface area contributed by atoms with E-state index < -0.39 is 5.41 Å². The molecule has 1 aliphatic rings. The van der Waals surface area contributed by atoms with E-state index in [0.717, 1.165) is 24.1 Å². The van der Waals surface area contributed by atoms with Crippen molar-refractivity contribution in [3.05, 3.63) is 54.1 Å². The van der Waals surface area contributed by atoms with E-state index in [2.05, 4.69) is 5.32 Å². The highest BCUT2D eigenvalue weighted by Gasteiger charge is 2.41. The van der Waals surface area contributed by atoms with E-state index in [9.17, 15) is 9.59 Å². The fourth-order valence-electron chi connectivity index (χ4n) is 3.38. The number of para-hydroxylation sites is 3. The van der Waals surface area contributed by atoms with Crippen LogP contribution in [0, 0.1) is 5.41 Å². The summed E-state index contributed by atoms with van der Waals surface area (Å²) in [5.41, 5.74) is 1.41. The highest BCUT2D eigenvalue weighted by molar-refractivity contribution is 6.15. The Hall–Kier alpha value is -2.82. The molecule has 2 aromatic rings. The highest BCUT2D eigenvalue weighted by atomic mass is 16.5. The van der Waals surface area contributed by atoms with Gasteiger partial charge >= 0.3 is 0 Å². The molecule has 148 valence electrons. The molecule has 0 aliphatic carbocycles. The van der Waals surface area contributed by atoms with Gasteiger partial charge in [-0.15, -0.1) is 0 Å². The van der Waals surface area contributed by atoms with Crippen LogP contribution in [-0.2, 0) is 16.0 Å². The monoisotopic (exact) mass is 380 g/mol. The summed E-state index contributed by atoms with van der Waals surface area (Å²) in [4.78, 5) is 28.1. The maximum atomic E-state index is 13.3. The highest BCUT2D eigenvalue weighted by Crippen LogP contribution is 2.33. The Bertz CT molecular complexity index is 874. The normalized spacial score (nSPS) is 13.8. The minimum Gasteiger partial charge on any atom is -0.489 e. The molecule has 0 unspecified atom stereocenters. The summed E-state index contributed by atoms with van der Waals surface area (Å²) >= 11 is 0. The summed E-state index contributed by atoms with van der Waals surface area (Å²) < 4.78 is 5.77. The van der Waals surface area contributed by atoms with Gasteiger partial charge in [0.1, 0.15) is 11.2 Å². The van der Waals surface area contributed by atoms with Gasteiger partial charge in [-0.2, -0.15) is 0 Å². The summed E-state index contributed by atoms with van der Waals surface area (Å²) in [6, 6.07) is 15.2.